The van der Waals surface area contributed by atoms with Crippen LogP contribution in [0.25, 0.3) is 0 Å². The van der Waals surface area contributed by atoms with E-state index in [0.717, 1.165) is 29.7 Å². The van der Waals surface area contributed by atoms with E-state index in [4.69, 9.17) is 0 Å². The average Bonchev–Trinajstić information content (AvgIpc) is 2.46. The first-order chi connectivity index (χ1) is 9.65. The number of rotatable bonds is 2. The van der Waals surface area contributed by atoms with Crippen molar-refractivity contribution < 1.29 is 5.11 Å². The molecule has 2 aromatic rings. The second-order valence-electron chi connectivity index (χ2n) is 5.61. The molecule has 1 unspecified atom stereocenters. The van der Waals surface area contributed by atoms with Crippen molar-refractivity contribution in [3.8, 4) is 0 Å². The first kappa shape index (κ1) is 13.1. The molecule has 0 fully saturated rings. The van der Waals surface area contributed by atoms with Crippen molar-refractivity contribution in [2.45, 2.75) is 25.9 Å². The number of pyridine rings is 1. The lowest BCUT2D eigenvalue weighted by molar-refractivity contribution is 0.219. The molecule has 0 amide bonds. The van der Waals surface area contributed by atoms with Gasteiger partial charge in [0.2, 0.25) is 0 Å². The predicted octanol–water partition coefficient (Wildman–Crippen LogP) is 2.85. The maximum Gasteiger partial charge on any atom is 0.106 e. The minimum Gasteiger partial charge on any atom is -0.384 e. The van der Waals surface area contributed by atoms with Crippen LogP contribution < -0.4 is 4.90 Å². The summed E-state index contributed by atoms with van der Waals surface area (Å²) in [6, 6.07) is 8.27. The van der Waals surface area contributed by atoms with Gasteiger partial charge in [0, 0.05) is 37.2 Å². The first-order valence-corrected chi connectivity index (χ1v) is 7.09. The number of aryl methyl sites for hydroxylation is 2. The number of aromatic nitrogens is 1. The molecule has 2 heterocycles. The van der Waals surface area contributed by atoms with Crippen LogP contribution in [0, 0.1) is 6.92 Å². The third kappa shape index (κ3) is 2.41. The van der Waals surface area contributed by atoms with E-state index in [1.54, 1.807) is 12.4 Å². The Bertz CT molecular complexity index is 624. The highest BCUT2D eigenvalue weighted by Crippen LogP contribution is 2.30. The Balaban J connectivity index is 1.94. The molecule has 0 bridgehead atoms. The van der Waals surface area contributed by atoms with Gasteiger partial charge in [-0.15, -0.1) is 0 Å². The van der Waals surface area contributed by atoms with Crippen molar-refractivity contribution in [1.82, 2.24) is 4.98 Å². The van der Waals surface area contributed by atoms with Crippen LogP contribution in [0.3, 0.4) is 0 Å². The third-order valence-electron chi connectivity index (χ3n) is 3.98. The fourth-order valence-electron chi connectivity index (χ4n) is 2.90. The zero-order valence-corrected chi connectivity index (χ0v) is 12.0. The summed E-state index contributed by atoms with van der Waals surface area (Å²) in [5.74, 6) is 0. The third-order valence-corrected chi connectivity index (χ3v) is 3.98. The van der Waals surface area contributed by atoms with Gasteiger partial charge in [-0.2, -0.15) is 0 Å². The van der Waals surface area contributed by atoms with Gasteiger partial charge in [0.1, 0.15) is 6.10 Å². The normalized spacial score (nSPS) is 15.8. The molecule has 0 saturated carbocycles. The average molecular weight is 268 g/mol. The van der Waals surface area contributed by atoms with Gasteiger partial charge in [0.15, 0.2) is 0 Å². The molecule has 1 aromatic carbocycles. The van der Waals surface area contributed by atoms with Crippen molar-refractivity contribution >= 4 is 5.69 Å². The summed E-state index contributed by atoms with van der Waals surface area (Å²) < 4.78 is 0. The van der Waals surface area contributed by atoms with Crippen molar-refractivity contribution in [1.29, 1.82) is 0 Å². The van der Waals surface area contributed by atoms with E-state index >= 15 is 0 Å². The molecule has 1 aromatic heterocycles. The molecule has 0 aliphatic carbocycles. The molecule has 1 aliphatic heterocycles. The van der Waals surface area contributed by atoms with Crippen LogP contribution in [0.2, 0.25) is 0 Å². The van der Waals surface area contributed by atoms with E-state index in [0.29, 0.717) is 0 Å². The molecule has 0 radical (unpaired) electrons. The molecule has 0 spiro atoms. The Morgan fingerprint density at radius 1 is 1.20 bits per heavy atom. The van der Waals surface area contributed by atoms with Crippen LogP contribution in [0.5, 0.6) is 0 Å². The lowest BCUT2D eigenvalue weighted by atomic mass is 9.95. The number of nitrogens with zero attached hydrogens (tertiary/aromatic N) is 2. The number of benzene rings is 1. The second kappa shape index (κ2) is 5.25. The van der Waals surface area contributed by atoms with Gasteiger partial charge < -0.3 is 10.0 Å². The van der Waals surface area contributed by atoms with E-state index < -0.39 is 6.10 Å². The van der Waals surface area contributed by atoms with Gasteiger partial charge in [-0.25, -0.2) is 0 Å². The maximum atomic E-state index is 10.5. The van der Waals surface area contributed by atoms with Gasteiger partial charge >= 0.3 is 0 Å². The number of hydrogen-bond acceptors (Lipinski definition) is 3. The van der Waals surface area contributed by atoms with E-state index in [9.17, 15) is 5.11 Å². The molecule has 3 heteroatoms. The van der Waals surface area contributed by atoms with Crippen molar-refractivity contribution in [3.05, 3.63) is 58.9 Å². The Hall–Kier alpha value is -1.87. The largest absolute Gasteiger partial charge is 0.384 e. The molecule has 1 aliphatic rings. The second-order valence-corrected chi connectivity index (χ2v) is 5.61. The van der Waals surface area contributed by atoms with Gasteiger partial charge in [0.25, 0.3) is 0 Å². The highest BCUT2D eigenvalue weighted by atomic mass is 16.3. The van der Waals surface area contributed by atoms with Crippen LogP contribution in [0.15, 0.2) is 36.7 Å². The number of hydrogen-bond donors (Lipinski definition) is 1. The number of aliphatic hydroxyl groups excluding tert-OH is 1. The summed E-state index contributed by atoms with van der Waals surface area (Å²) in [7, 11) is 2.12. The Morgan fingerprint density at radius 3 is 2.85 bits per heavy atom. The first-order valence-electron chi connectivity index (χ1n) is 7.09. The lowest BCUT2D eigenvalue weighted by Crippen LogP contribution is -2.24. The van der Waals surface area contributed by atoms with Crippen molar-refractivity contribution in [2.75, 3.05) is 18.5 Å². The number of aliphatic hydroxyl groups is 1. The summed E-state index contributed by atoms with van der Waals surface area (Å²) in [5.41, 5.74) is 5.49. The summed E-state index contributed by atoms with van der Waals surface area (Å²) in [6.45, 7) is 3.10. The summed E-state index contributed by atoms with van der Waals surface area (Å²) in [5, 5.41) is 10.5. The van der Waals surface area contributed by atoms with Crippen LogP contribution in [0.1, 0.15) is 34.8 Å². The standard InChI is InChI=1S/C17H20N2O/c1-12-8-15(11-18-10-12)17(20)14-5-6-16-13(9-14)4-3-7-19(16)2/h5-6,8-11,17,20H,3-4,7H2,1-2H3. The van der Waals surface area contributed by atoms with Gasteiger partial charge in [-0.1, -0.05) is 18.2 Å². The van der Waals surface area contributed by atoms with E-state index in [1.807, 2.05) is 19.1 Å². The van der Waals surface area contributed by atoms with Crippen LogP contribution in [-0.4, -0.2) is 23.7 Å². The molecule has 1 atom stereocenters. The van der Waals surface area contributed by atoms with E-state index in [1.165, 1.54) is 17.7 Å². The molecule has 3 rings (SSSR count). The molecular weight excluding hydrogens is 248 g/mol. The summed E-state index contributed by atoms with van der Waals surface area (Å²) in [4.78, 5) is 6.44. The zero-order chi connectivity index (χ0) is 14.1. The SMILES string of the molecule is Cc1cncc(C(O)c2ccc3c(c2)CCCN3C)c1. The monoisotopic (exact) mass is 268 g/mol. The predicted molar refractivity (Wildman–Crippen MR) is 81.1 cm³/mol. The van der Waals surface area contributed by atoms with Crippen molar-refractivity contribution in [2.24, 2.45) is 0 Å². The van der Waals surface area contributed by atoms with E-state index in [2.05, 4.69) is 29.1 Å². The lowest BCUT2D eigenvalue weighted by Gasteiger charge is -2.28. The smallest absolute Gasteiger partial charge is 0.106 e. The fourth-order valence-corrected chi connectivity index (χ4v) is 2.90. The van der Waals surface area contributed by atoms with E-state index in [-0.39, 0.29) is 0 Å². The van der Waals surface area contributed by atoms with Crippen LogP contribution in [-0.2, 0) is 6.42 Å². The van der Waals surface area contributed by atoms with Gasteiger partial charge in [-0.3, -0.25) is 4.98 Å². The quantitative estimate of drug-likeness (QED) is 0.910. The minimum atomic E-state index is -0.597. The number of fused-ring (bicyclic) bond motifs is 1. The molecule has 0 saturated heterocycles. The number of anilines is 1. The molecule has 1 N–H and O–H groups in total. The van der Waals surface area contributed by atoms with Crippen LogP contribution in [0.4, 0.5) is 5.69 Å². The summed E-state index contributed by atoms with van der Waals surface area (Å²) >= 11 is 0. The Morgan fingerprint density at radius 2 is 2.05 bits per heavy atom. The molecule has 3 nitrogen and oxygen atoms in total. The fraction of sp³-hybridized carbons (Fsp3) is 0.353. The minimum absolute atomic E-state index is 0.597. The Kier molecular flexibility index (Phi) is 3.45. The maximum absolute atomic E-state index is 10.5. The van der Waals surface area contributed by atoms with Crippen molar-refractivity contribution in [3.63, 3.8) is 0 Å². The topological polar surface area (TPSA) is 36.4 Å². The van der Waals surface area contributed by atoms with Gasteiger partial charge in [0.05, 0.1) is 0 Å². The molecular formula is C17H20N2O. The van der Waals surface area contributed by atoms with Crippen LogP contribution >= 0.6 is 0 Å². The molecule has 20 heavy (non-hydrogen) atoms. The van der Waals surface area contributed by atoms with Gasteiger partial charge in [-0.05, 0) is 42.5 Å². The molecule has 104 valence electrons. The highest BCUT2D eigenvalue weighted by Gasteiger charge is 2.17. The zero-order valence-electron chi connectivity index (χ0n) is 12.0. The summed E-state index contributed by atoms with van der Waals surface area (Å²) in [6.07, 6.45) is 5.21. The highest BCUT2D eigenvalue weighted by molar-refractivity contribution is 5.57. The Labute approximate surface area is 119 Å².